The number of carbonyl (C=O) groups excluding carboxylic acids is 2. The number of aliphatic imine (C=N–C) groups is 3. The Bertz CT molecular complexity index is 1140. The molecular weight excluding hydrogens is 544 g/mol. The van der Waals surface area contributed by atoms with Gasteiger partial charge in [0, 0.05) is 54.5 Å². The highest BCUT2D eigenvalue weighted by Crippen LogP contribution is 2.41. The van der Waals surface area contributed by atoms with Crippen LogP contribution in [0.1, 0.15) is 25.8 Å². The molecule has 0 bridgehead atoms. The van der Waals surface area contributed by atoms with Crippen molar-refractivity contribution in [3.63, 3.8) is 0 Å². The number of fused-ring (bicyclic) bond motifs is 2. The fourth-order valence-corrected chi connectivity index (χ4v) is 5.09. The minimum absolute atomic E-state index is 0. The van der Waals surface area contributed by atoms with E-state index < -0.39 is 17.4 Å². The normalized spacial score (nSPS) is 25.1. The Morgan fingerprint density at radius 3 is 2.28 bits per heavy atom. The molecule has 36 heavy (non-hydrogen) atoms. The van der Waals surface area contributed by atoms with E-state index in [0.717, 1.165) is 43.9 Å². The average molecular weight is 575 g/mol. The Labute approximate surface area is 235 Å². The molecule has 2 unspecified atom stereocenters. The molecule has 0 radical (unpaired) electrons. The van der Waals surface area contributed by atoms with Crippen LogP contribution in [-0.2, 0) is 9.59 Å². The molecule has 0 spiro atoms. The van der Waals surface area contributed by atoms with Crippen LogP contribution >= 0.6 is 48.8 Å². The van der Waals surface area contributed by atoms with Crippen molar-refractivity contribution in [2.75, 3.05) is 39.8 Å². The second-order valence-electron chi connectivity index (χ2n) is 9.77. The second kappa shape index (κ2) is 11.8. The standard InChI is InChI=1S/C25H28ClN5O2.3ClH/c1-25(2)23(33)19-17(8-9-31-12-10-30(3)11-13-31)22(32)21-20(18(19)14-27-25)28-24(29-21)15-4-6-16(26)7-5-15;;;/h4-7,14,17,19H,8-13H2,1-3H3;3*1H. The molecule has 2 atom stereocenters. The van der Waals surface area contributed by atoms with Gasteiger partial charge in [0.1, 0.15) is 16.9 Å². The minimum Gasteiger partial charge on any atom is -0.304 e. The number of nitrogens with zero attached hydrogens (tertiary/aromatic N) is 5. The number of benzene rings is 1. The molecule has 0 aromatic heterocycles. The lowest BCUT2D eigenvalue weighted by molar-refractivity contribution is -0.131. The lowest BCUT2D eigenvalue weighted by Gasteiger charge is -2.39. The molecule has 0 amide bonds. The average Bonchev–Trinajstić information content (AvgIpc) is 3.24. The smallest absolute Gasteiger partial charge is 0.187 e. The van der Waals surface area contributed by atoms with Crippen LogP contribution in [0.15, 0.2) is 50.5 Å². The lowest BCUT2D eigenvalue weighted by Crippen LogP contribution is -2.51. The van der Waals surface area contributed by atoms with Gasteiger partial charge in [-0.25, -0.2) is 9.98 Å². The number of allylic oxidation sites excluding steroid dienone is 2. The van der Waals surface area contributed by atoms with Crippen molar-refractivity contribution in [3.05, 3.63) is 46.1 Å². The van der Waals surface area contributed by atoms with Crippen LogP contribution in [-0.4, -0.2) is 84.4 Å². The first kappa shape index (κ1) is 30.6. The van der Waals surface area contributed by atoms with Crippen LogP contribution in [0.25, 0.3) is 0 Å². The van der Waals surface area contributed by atoms with E-state index >= 15 is 0 Å². The number of hydrogen-bond donors (Lipinski definition) is 0. The van der Waals surface area contributed by atoms with E-state index in [1.165, 1.54) is 0 Å². The largest absolute Gasteiger partial charge is 0.304 e. The third-order valence-electron chi connectivity index (χ3n) is 7.11. The Morgan fingerprint density at radius 1 is 1.00 bits per heavy atom. The van der Waals surface area contributed by atoms with E-state index in [0.29, 0.717) is 28.7 Å². The molecular formula is C25H31Cl4N5O2. The first-order valence-corrected chi connectivity index (χ1v) is 11.8. The molecule has 3 heterocycles. The number of Topliss-reactive ketones (excluding diaryl/α,β-unsaturated/α-hetero) is 2. The highest BCUT2D eigenvalue weighted by molar-refractivity contribution is 6.52. The van der Waals surface area contributed by atoms with Gasteiger partial charge in [-0.05, 0) is 58.1 Å². The van der Waals surface area contributed by atoms with Crippen LogP contribution in [0.5, 0.6) is 0 Å². The van der Waals surface area contributed by atoms with Gasteiger partial charge >= 0.3 is 0 Å². The summed E-state index contributed by atoms with van der Waals surface area (Å²) in [6.45, 7) is 8.39. The van der Waals surface area contributed by atoms with Crippen molar-refractivity contribution in [1.82, 2.24) is 9.80 Å². The summed E-state index contributed by atoms with van der Waals surface area (Å²) in [4.78, 5) is 45.7. The van der Waals surface area contributed by atoms with Gasteiger partial charge < -0.3 is 9.80 Å². The van der Waals surface area contributed by atoms with Gasteiger partial charge in [0.25, 0.3) is 0 Å². The van der Waals surface area contributed by atoms with Crippen molar-refractivity contribution in [2.24, 2.45) is 26.8 Å². The van der Waals surface area contributed by atoms with Crippen LogP contribution in [0.3, 0.4) is 0 Å². The van der Waals surface area contributed by atoms with Crippen LogP contribution < -0.4 is 0 Å². The fraction of sp³-hybridized carbons (Fsp3) is 0.480. The molecule has 196 valence electrons. The Hall–Kier alpha value is -1.61. The molecule has 7 nitrogen and oxygen atoms in total. The van der Waals surface area contributed by atoms with E-state index in [1.54, 1.807) is 18.3 Å². The number of rotatable bonds is 4. The van der Waals surface area contributed by atoms with E-state index in [4.69, 9.17) is 11.6 Å². The summed E-state index contributed by atoms with van der Waals surface area (Å²) in [7, 11) is 2.12. The quantitative estimate of drug-likeness (QED) is 0.545. The molecule has 1 aromatic carbocycles. The fourth-order valence-electron chi connectivity index (χ4n) is 4.97. The maximum Gasteiger partial charge on any atom is 0.187 e. The Balaban J connectivity index is 0.00000152. The molecule has 1 saturated heterocycles. The number of likely N-dealkylation sites (N-methyl/N-ethyl adjacent to an activating group) is 1. The molecule has 4 aliphatic rings. The summed E-state index contributed by atoms with van der Waals surface area (Å²) in [6.07, 6.45) is 2.37. The number of amidine groups is 1. The molecule has 0 N–H and O–H groups in total. The van der Waals surface area contributed by atoms with Gasteiger partial charge in [0.15, 0.2) is 17.4 Å². The van der Waals surface area contributed by atoms with Gasteiger partial charge in [-0.3, -0.25) is 14.6 Å². The van der Waals surface area contributed by atoms with Crippen molar-refractivity contribution < 1.29 is 9.59 Å². The SMILES string of the molecule is CN1CCN(CCC2C(=O)C3=NC(c4ccc(Cl)cc4)=NC3=C3C=NC(C)(C)C(=O)C32)CC1.Cl.Cl.Cl. The monoisotopic (exact) mass is 573 g/mol. The van der Waals surface area contributed by atoms with Crippen LogP contribution in [0.2, 0.25) is 5.02 Å². The third kappa shape index (κ3) is 5.62. The first-order chi connectivity index (χ1) is 15.7. The van der Waals surface area contributed by atoms with Gasteiger partial charge in [0.2, 0.25) is 0 Å². The molecule has 1 aromatic rings. The highest BCUT2D eigenvalue weighted by atomic mass is 35.5. The summed E-state index contributed by atoms with van der Waals surface area (Å²) in [6, 6.07) is 7.22. The number of carbonyl (C=O) groups is 2. The summed E-state index contributed by atoms with van der Waals surface area (Å²) >= 11 is 6.02. The topological polar surface area (TPSA) is 77.7 Å². The molecule has 11 heteroatoms. The lowest BCUT2D eigenvalue weighted by atomic mass is 9.67. The molecule has 5 rings (SSSR count). The Kier molecular flexibility index (Phi) is 10.1. The minimum atomic E-state index is -0.850. The van der Waals surface area contributed by atoms with Gasteiger partial charge in [0.05, 0.1) is 5.92 Å². The molecule has 1 aliphatic carbocycles. The summed E-state index contributed by atoms with van der Waals surface area (Å²) in [5.74, 6) is -0.597. The summed E-state index contributed by atoms with van der Waals surface area (Å²) in [5, 5.41) is 0.622. The summed E-state index contributed by atoms with van der Waals surface area (Å²) in [5.41, 5.74) is 1.51. The van der Waals surface area contributed by atoms with Crippen molar-refractivity contribution in [2.45, 2.75) is 25.8 Å². The number of hydrogen-bond acceptors (Lipinski definition) is 7. The third-order valence-corrected chi connectivity index (χ3v) is 7.36. The van der Waals surface area contributed by atoms with Gasteiger partial charge in [-0.15, -0.1) is 37.2 Å². The summed E-state index contributed by atoms with van der Waals surface area (Å²) < 4.78 is 0. The molecule has 1 fully saturated rings. The first-order valence-electron chi connectivity index (χ1n) is 11.5. The van der Waals surface area contributed by atoms with Gasteiger partial charge in [-0.1, -0.05) is 11.6 Å². The Morgan fingerprint density at radius 2 is 1.64 bits per heavy atom. The van der Waals surface area contributed by atoms with E-state index in [1.807, 2.05) is 26.0 Å². The highest BCUT2D eigenvalue weighted by Gasteiger charge is 2.51. The van der Waals surface area contributed by atoms with Crippen molar-refractivity contribution >= 4 is 78.2 Å². The maximum absolute atomic E-state index is 13.7. The van der Waals surface area contributed by atoms with Crippen LogP contribution in [0, 0.1) is 11.8 Å². The predicted molar refractivity (Wildman–Crippen MR) is 152 cm³/mol. The zero-order chi connectivity index (χ0) is 23.3. The van der Waals surface area contributed by atoms with E-state index in [-0.39, 0.29) is 48.8 Å². The van der Waals surface area contributed by atoms with E-state index in [9.17, 15) is 9.59 Å². The maximum atomic E-state index is 13.7. The van der Waals surface area contributed by atoms with Gasteiger partial charge in [-0.2, -0.15) is 0 Å². The molecule has 0 saturated carbocycles. The second-order valence-corrected chi connectivity index (χ2v) is 10.2. The predicted octanol–water partition coefficient (Wildman–Crippen LogP) is 3.95. The van der Waals surface area contributed by atoms with Crippen LogP contribution in [0.4, 0.5) is 0 Å². The zero-order valence-electron chi connectivity index (χ0n) is 20.4. The van der Waals surface area contributed by atoms with Crippen molar-refractivity contribution in [1.29, 1.82) is 0 Å². The molecule has 3 aliphatic heterocycles. The number of piperazine rings is 1. The zero-order valence-corrected chi connectivity index (χ0v) is 23.6. The van der Waals surface area contributed by atoms with E-state index in [2.05, 4.69) is 31.8 Å². The number of ketones is 2. The van der Waals surface area contributed by atoms with Crippen molar-refractivity contribution in [3.8, 4) is 0 Å². The number of halogens is 4.